The minimum absolute atomic E-state index is 0. The van der Waals surface area contributed by atoms with Crippen LogP contribution in [0.1, 0.15) is 31.4 Å². The number of benzene rings is 2. The molecular weight excluding hydrogens is 457 g/mol. The fraction of sp³-hybridized carbons (Fsp3) is 0.423. The number of aromatic nitrogens is 1. The lowest BCUT2D eigenvalue weighted by molar-refractivity contribution is -0.0447. The average molecular weight is 490 g/mol. The summed E-state index contributed by atoms with van der Waals surface area (Å²) in [6.45, 7) is 8.14. The molecule has 2 aromatic carbocycles. The highest BCUT2D eigenvalue weighted by Crippen LogP contribution is 2.33. The number of halogens is 2. The van der Waals surface area contributed by atoms with Crippen LogP contribution in [0.15, 0.2) is 54.6 Å². The summed E-state index contributed by atoms with van der Waals surface area (Å²) in [6.07, 6.45) is 1.11. The standard InChI is InChI=1S/C26H31N3O2.2ClH/c1-2-28-12-14-29(15-13-28)26-23-6-4-3-5-21(23)17-24(27-26)19-7-9-20(10-8-19)25-18-22(30)11-16-31-25;;/h3-10,17,22,25,30H,2,11-16,18H2,1H3;2*1H/t22-,25?;;/m1../s1. The van der Waals surface area contributed by atoms with Gasteiger partial charge in [0.05, 0.1) is 17.9 Å². The molecule has 178 valence electrons. The Morgan fingerprint density at radius 2 is 1.73 bits per heavy atom. The summed E-state index contributed by atoms with van der Waals surface area (Å²) in [5.74, 6) is 1.09. The molecule has 5 rings (SSSR count). The van der Waals surface area contributed by atoms with Crippen LogP contribution in [0.3, 0.4) is 0 Å². The van der Waals surface area contributed by atoms with E-state index < -0.39 is 0 Å². The minimum atomic E-state index is -0.267. The van der Waals surface area contributed by atoms with E-state index in [1.54, 1.807) is 0 Å². The Hall–Kier alpha value is -1.89. The predicted octanol–water partition coefficient (Wildman–Crippen LogP) is 5.10. The van der Waals surface area contributed by atoms with Crippen LogP contribution in [0.4, 0.5) is 5.82 Å². The van der Waals surface area contributed by atoms with Gasteiger partial charge in [-0.25, -0.2) is 4.98 Å². The van der Waals surface area contributed by atoms with Crippen LogP contribution in [0.2, 0.25) is 0 Å². The van der Waals surface area contributed by atoms with Gasteiger partial charge in [-0.05, 0) is 30.0 Å². The number of ether oxygens (including phenoxy) is 1. The van der Waals surface area contributed by atoms with E-state index in [4.69, 9.17) is 9.72 Å². The Balaban J connectivity index is 0.00000153. The molecule has 1 aromatic heterocycles. The van der Waals surface area contributed by atoms with Gasteiger partial charge in [-0.15, -0.1) is 24.8 Å². The van der Waals surface area contributed by atoms with Crippen LogP contribution < -0.4 is 4.90 Å². The fourth-order valence-corrected chi connectivity index (χ4v) is 4.73. The van der Waals surface area contributed by atoms with E-state index in [0.717, 1.165) is 61.8 Å². The van der Waals surface area contributed by atoms with E-state index in [9.17, 15) is 5.11 Å². The van der Waals surface area contributed by atoms with Crippen molar-refractivity contribution in [2.45, 2.75) is 32.0 Å². The van der Waals surface area contributed by atoms with Crippen molar-refractivity contribution in [3.05, 3.63) is 60.2 Å². The number of fused-ring (bicyclic) bond motifs is 1. The number of aliphatic hydroxyl groups is 1. The highest BCUT2D eigenvalue weighted by atomic mass is 35.5. The van der Waals surface area contributed by atoms with Crippen molar-refractivity contribution >= 4 is 41.4 Å². The van der Waals surface area contributed by atoms with Crippen LogP contribution in [-0.2, 0) is 4.74 Å². The Morgan fingerprint density at radius 1 is 1.00 bits per heavy atom. The fourth-order valence-electron chi connectivity index (χ4n) is 4.73. The zero-order valence-corrected chi connectivity index (χ0v) is 20.7. The van der Waals surface area contributed by atoms with Crippen molar-refractivity contribution in [3.8, 4) is 11.3 Å². The van der Waals surface area contributed by atoms with Crippen LogP contribution in [-0.4, -0.2) is 60.4 Å². The first-order valence-corrected chi connectivity index (χ1v) is 11.5. The van der Waals surface area contributed by atoms with Crippen molar-refractivity contribution in [2.75, 3.05) is 44.2 Å². The second-order valence-electron chi connectivity index (χ2n) is 8.63. The van der Waals surface area contributed by atoms with E-state index in [-0.39, 0.29) is 37.0 Å². The van der Waals surface area contributed by atoms with Gasteiger partial charge in [-0.2, -0.15) is 0 Å². The molecule has 1 N–H and O–H groups in total. The third-order valence-corrected chi connectivity index (χ3v) is 6.67. The number of aliphatic hydroxyl groups excluding tert-OH is 1. The Labute approximate surface area is 208 Å². The van der Waals surface area contributed by atoms with Crippen molar-refractivity contribution in [3.63, 3.8) is 0 Å². The van der Waals surface area contributed by atoms with Gasteiger partial charge in [0.15, 0.2) is 0 Å². The van der Waals surface area contributed by atoms with Gasteiger partial charge in [0.1, 0.15) is 5.82 Å². The van der Waals surface area contributed by atoms with Crippen molar-refractivity contribution in [2.24, 2.45) is 0 Å². The highest BCUT2D eigenvalue weighted by molar-refractivity contribution is 5.95. The molecule has 2 saturated heterocycles. The molecule has 0 amide bonds. The molecule has 0 radical (unpaired) electrons. The van der Waals surface area contributed by atoms with E-state index in [1.165, 1.54) is 10.8 Å². The number of hydrogen-bond acceptors (Lipinski definition) is 5. The monoisotopic (exact) mass is 489 g/mol. The summed E-state index contributed by atoms with van der Waals surface area (Å²) in [5.41, 5.74) is 3.24. The van der Waals surface area contributed by atoms with Crippen molar-refractivity contribution < 1.29 is 9.84 Å². The molecule has 2 fully saturated rings. The van der Waals surface area contributed by atoms with Gasteiger partial charge >= 0.3 is 0 Å². The van der Waals surface area contributed by atoms with Crippen LogP contribution >= 0.6 is 24.8 Å². The smallest absolute Gasteiger partial charge is 0.137 e. The zero-order chi connectivity index (χ0) is 21.2. The summed E-state index contributed by atoms with van der Waals surface area (Å²) < 4.78 is 5.87. The van der Waals surface area contributed by atoms with Crippen LogP contribution in [0, 0.1) is 0 Å². The van der Waals surface area contributed by atoms with Crippen molar-refractivity contribution in [1.82, 2.24) is 9.88 Å². The molecule has 5 nitrogen and oxygen atoms in total. The molecule has 0 saturated carbocycles. The number of likely N-dealkylation sites (N-methyl/N-ethyl adjacent to an activating group) is 1. The molecule has 0 aliphatic carbocycles. The van der Waals surface area contributed by atoms with Gasteiger partial charge in [0.25, 0.3) is 0 Å². The third-order valence-electron chi connectivity index (χ3n) is 6.67. The molecule has 2 aliphatic heterocycles. The number of anilines is 1. The molecule has 7 heteroatoms. The lowest BCUT2D eigenvalue weighted by Gasteiger charge is -2.35. The summed E-state index contributed by atoms with van der Waals surface area (Å²) in [7, 11) is 0. The Bertz CT molecular complexity index is 1040. The molecule has 0 bridgehead atoms. The third kappa shape index (κ3) is 5.61. The average Bonchev–Trinajstić information content (AvgIpc) is 2.83. The van der Waals surface area contributed by atoms with E-state index in [0.29, 0.717) is 13.0 Å². The first kappa shape index (κ1) is 25.7. The van der Waals surface area contributed by atoms with E-state index in [2.05, 4.69) is 71.3 Å². The SMILES string of the molecule is CCN1CCN(c2nc(-c3ccc(C4C[C@H](O)CCO4)cc3)cc3ccccc23)CC1.Cl.Cl. The molecular formula is C26H33Cl2N3O2. The molecule has 1 unspecified atom stereocenters. The maximum Gasteiger partial charge on any atom is 0.137 e. The van der Waals surface area contributed by atoms with Crippen LogP contribution in [0.5, 0.6) is 0 Å². The first-order valence-electron chi connectivity index (χ1n) is 11.5. The number of rotatable bonds is 4. The molecule has 2 atom stereocenters. The van der Waals surface area contributed by atoms with Crippen molar-refractivity contribution in [1.29, 1.82) is 0 Å². The lowest BCUT2D eigenvalue weighted by Crippen LogP contribution is -2.46. The first-order chi connectivity index (χ1) is 15.2. The number of piperazine rings is 1. The Kier molecular flexibility index (Phi) is 8.96. The summed E-state index contributed by atoms with van der Waals surface area (Å²) >= 11 is 0. The minimum Gasteiger partial charge on any atom is -0.393 e. The summed E-state index contributed by atoms with van der Waals surface area (Å²) in [4.78, 5) is 10.1. The number of nitrogens with zero attached hydrogens (tertiary/aromatic N) is 3. The maximum atomic E-state index is 9.96. The normalized spacial score (nSPS) is 21.3. The van der Waals surface area contributed by atoms with Gasteiger partial charge in [-0.1, -0.05) is 55.5 Å². The number of hydrogen-bond donors (Lipinski definition) is 1. The maximum absolute atomic E-state index is 9.96. The summed E-state index contributed by atoms with van der Waals surface area (Å²) in [6, 6.07) is 19.3. The second-order valence-corrected chi connectivity index (χ2v) is 8.63. The molecule has 33 heavy (non-hydrogen) atoms. The predicted molar refractivity (Wildman–Crippen MR) is 140 cm³/mol. The van der Waals surface area contributed by atoms with E-state index >= 15 is 0 Å². The second kappa shape index (κ2) is 11.5. The lowest BCUT2D eigenvalue weighted by atomic mass is 9.97. The van der Waals surface area contributed by atoms with Gasteiger partial charge in [0, 0.05) is 50.2 Å². The van der Waals surface area contributed by atoms with E-state index in [1.807, 2.05) is 0 Å². The van der Waals surface area contributed by atoms with Gasteiger partial charge in [0.2, 0.25) is 0 Å². The van der Waals surface area contributed by atoms with Crippen LogP contribution in [0.25, 0.3) is 22.0 Å². The topological polar surface area (TPSA) is 48.8 Å². The molecule has 0 spiro atoms. The highest BCUT2D eigenvalue weighted by Gasteiger charge is 2.23. The number of pyridine rings is 1. The van der Waals surface area contributed by atoms with Gasteiger partial charge < -0.3 is 19.6 Å². The quantitative estimate of drug-likeness (QED) is 0.552. The zero-order valence-electron chi connectivity index (χ0n) is 19.0. The molecule has 2 aliphatic rings. The largest absolute Gasteiger partial charge is 0.393 e. The molecule has 3 aromatic rings. The molecule has 3 heterocycles. The Morgan fingerprint density at radius 3 is 2.42 bits per heavy atom. The van der Waals surface area contributed by atoms with Gasteiger partial charge in [-0.3, -0.25) is 0 Å². The summed E-state index contributed by atoms with van der Waals surface area (Å²) in [5, 5.41) is 12.4.